The molecule has 0 radical (unpaired) electrons. The summed E-state index contributed by atoms with van der Waals surface area (Å²) in [6.45, 7) is 2.95. The summed E-state index contributed by atoms with van der Waals surface area (Å²) in [6, 6.07) is 12.1. The Morgan fingerprint density at radius 3 is 2.74 bits per heavy atom. The highest BCUT2D eigenvalue weighted by Gasteiger charge is 2.40. The topological polar surface area (TPSA) is 57.4 Å². The van der Waals surface area contributed by atoms with E-state index in [0.29, 0.717) is 25.4 Å². The van der Waals surface area contributed by atoms with Gasteiger partial charge in [-0.15, -0.1) is 0 Å². The van der Waals surface area contributed by atoms with E-state index in [0.717, 1.165) is 25.1 Å². The lowest BCUT2D eigenvalue weighted by Gasteiger charge is -2.41. The molecule has 1 saturated heterocycles. The number of amides is 1. The van der Waals surface area contributed by atoms with Crippen molar-refractivity contribution in [2.45, 2.75) is 18.4 Å². The van der Waals surface area contributed by atoms with Gasteiger partial charge in [-0.2, -0.15) is 0 Å². The standard InChI is InChI=1S/C18H21N3O2/c22-17(16-6-3-9-19-16)21-11-7-18(8-12-21)14-4-1-2-5-15(14)20-10-13-23-18/h1-6,9,19-20H,7-8,10-13H2. The summed E-state index contributed by atoms with van der Waals surface area (Å²) >= 11 is 0. The maximum absolute atomic E-state index is 12.5. The van der Waals surface area contributed by atoms with Crippen molar-refractivity contribution in [3.63, 3.8) is 0 Å². The maximum Gasteiger partial charge on any atom is 0.270 e. The van der Waals surface area contributed by atoms with Gasteiger partial charge >= 0.3 is 0 Å². The molecule has 0 atom stereocenters. The van der Waals surface area contributed by atoms with Crippen LogP contribution in [0.3, 0.4) is 0 Å². The molecule has 1 amide bonds. The number of carbonyl (C=O) groups excluding carboxylic acids is 1. The van der Waals surface area contributed by atoms with Crippen LogP contribution in [0.4, 0.5) is 5.69 Å². The molecule has 23 heavy (non-hydrogen) atoms. The minimum atomic E-state index is -0.271. The Morgan fingerprint density at radius 2 is 1.96 bits per heavy atom. The van der Waals surface area contributed by atoms with E-state index in [1.807, 2.05) is 17.0 Å². The van der Waals surface area contributed by atoms with Crippen molar-refractivity contribution in [2.75, 3.05) is 31.6 Å². The van der Waals surface area contributed by atoms with E-state index in [2.05, 4.69) is 34.6 Å². The maximum atomic E-state index is 12.5. The lowest BCUT2D eigenvalue weighted by atomic mass is 9.83. The first kappa shape index (κ1) is 14.3. The van der Waals surface area contributed by atoms with Gasteiger partial charge in [0.25, 0.3) is 5.91 Å². The number of hydrogen-bond donors (Lipinski definition) is 2. The van der Waals surface area contributed by atoms with Gasteiger partial charge in [-0.3, -0.25) is 4.79 Å². The van der Waals surface area contributed by atoms with E-state index in [9.17, 15) is 4.79 Å². The molecule has 2 aliphatic heterocycles. The van der Waals surface area contributed by atoms with Crippen LogP contribution in [0.5, 0.6) is 0 Å². The number of likely N-dealkylation sites (tertiary alicyclic amines) is 1. The van der Waals surface area contributed by atoms with Gasteiger partial charge < -0.3 is 19.9 Å². The Hall–Kier alpha value is -2.27. The summed E-state index contributed by atoms with van der Waals surface area (Å²) in [7, 11) is 0. The van der Waals surface area contributed by atoms with Crippen molar-refractivity contribution in [3.05, 3.63) is 53.9 Å². The first-order chi connectivity index (χ1) is 11.3. The van der Waals surface area contributed by atoms with Crippen LogP contribution in [-0.4, -0.2) is 42.0 Å². The fraction of sp³-hybridized carbons (Fsp3) is 0.389. The van der Waals surface area contributed by atoms with Gasteiger partial charge in [0.1, 0.15) is 5.69 Å². The molecule has 2 N–H and O–H groups in total. The summed E-state index contributed by atoms with van der Waals surface area (Å²) in [5.41, 5.74) is 2.77. The minimum Gasteiger partial charge on any atom is -0.382 e. The molecular formula is C18H21N3O2. The summed E-state index contributed by atoms with van der Waals surface area (Å²) in [5, 5.41) is 3.44. The second kappa shape index (κ2) is 5.74. The molecule has 1 aromatic carbocycles. The van der Waals surface area contributed by atoms with E-state index in [-0.39, 0.29) is 11.5 Å². The second-order valence-corrected chi connectivity index (χ2v) is 6.19. The number of aromatic amines is 1. The highest BCUT2D eigenvalue weighted by molar-refractivity contribution is 5.92. The fourth-order valence-electron chi connectivity index (χ4n) is 3.66. The number of fused-ring (bicyclic) bond motifs is 2. The van der Waals surface area contributed by atoms with Crippen molar-refractivity contribution < 1.29 is 9.53 Å². The van der Waals surface area contributed by atoms with Crippen LogP contribution in [0, 0.1) is 0 Å². The number of rotatable bonds is 1. The minimum absolute atomic E-state index is 0.0740. The average Bonchev–Trinajstić information content (AvgIpc) is 3.08. The number of carbonyl (C=O) groups is 1. The van der Waals surface area contributed by atoms with Crippen molar-refractivity contribution >= 4 is 11.6 Å². The van der Waals surface area contributed by atoms with E-state index in [1.165, 1.54) is 5.56 Å². The van der Waals surface area contributed by atoms with E-state index >= 15 is 0 Å². The van der Waals surface area contributed by atoms with Crippen molar-refractivity contribution in [2.24, 2.45) is 0 Å². The van der Waals surface area contributed by atoms with Crippen LogP contribution in [0.1, 0.15) is 28.9 Å². The number of hydrogen-bond acceptors (Lipinski definition) is 3. The molecule has 0 bridgehead atoms. The summed E-state index contributed by atoms with van der Waals surface area (Å²) in [4.78, 5) is 17.4. The number of anilines is 1. The van der Waals surface area contributed by atoms with Crippen LogP contribution in [0.2, 0.25) is 0 Å². The predicted molar refractivity (Wildman–Crippen MR) is 88.5 cm³/mol. The zero-order valence-electron chi connectivity index (χ0n) is 13.0. The molecule has 2 aromatic rings. The molecule has 0 aliphatic carbocycles. The van der Waals surface area contributed by atoms with E-state index in [1.54, 1.807) is 6.20 Å². The number of aromatic nitrogens is 1. The van der Waals surface area contributed by atoms with Gasteiger partial charge in [0.05, 0.1) is 12.2 Å². The number of nitrogens with one attached hydrogen (secondary N) is 2. The molecule has 4 rings (SSSR count). The molecule has 3 heterocycles. The van der Waals surface area contributed by atoms with Crippen LogP contribution >= 0.6 is 0 Å². The molecule has 1 spiro atoms. The van der Waals surface area contributed by atoms with E-state index < -0.39 is 0 Å². The molecular weight excluding hydrogens is 290 g/mol. The van der Waals surface area contributed by atoms with Crippen molar-refractivity contribution in [1.29, 1.82) is 0 Å². The highest BCUT2D eigenvalue weighted by Crippen LogP contribution is 2.41. The zero-order chi connectivity index (χ0) is 15.7. The number of para-hydroxylation sites is 1. The Bertz CT molecular complexity index is 688. The molecule has 0 saturated carbocycles. The number of nitrogens with zero attached hydrogens (tertiary/aromatic N) is 1. The third-order valence-corrected chi connectivity index (χ3v) is 4.90. The molecule has 0 unspecified atom stereocenters. The zero-order valence-corrected chi connectivity index (χ0v) is 13.0. The van der Waals surface area contributed by atoms with Gasteiger partial charge in [-0.25, -0.2) is 0 Å². The van der Waals surface area contributed by atoms with Gasteiger partial charge in [0.15, 0.2) is 0 Å². The third kappa shape index (κ3) is 2.51. The first-order valence-electron chi connectivity index (χ1n) is 8.19. The molecule has 1 aromatic heterocycles. The van der Waals surface area contributed by atoms with Crippen LogP contribution < -0.4 is 5.32 Å². The Balaban J connectivity index is 1.56. The Kier molecular flexibility index (Phi) is 3.58. The number of benzene rings is 1. The normalized spacial score (nSPS) is 19.7. The largest absolute Gasteiger partial charge is 0.382 e. The summed E-state index contributed by atoms with van der Waals surface area (Å²) in [5.74, 6) is 0.0740. The second-order valence-electron chi connectivity index (χ2n) is 6.19. The number of piperidine rings is 1. The highest BCUT2D eigenvalue weighted by atomic mass is 16.5. The van der Waals surface area contributed by atoms with Crippen molar-refractivity contribution in [3.8, 4) is 0 Å². The Morgan fingerprint density at radius 1 is 1.13 bits per heavy atom. The smallest absolute Gasteiger partial charge is 0.270 e. The van der Waals surface area contributed by atoms with Gasteiger partial charge in [0.2, 0.25) is 0 Å². The van der Waals surface area contributed by atoms with E-state index in [4.69, 9.17) is 4.74 Å². The molecule has 5 nitrogen and oxygen atoms in total. The van der Waals surface area contributed by atoms with Crippen LogP contribution in [-0.2, 0) is 10.3 Å². The predicted octanol–water partition coefficient (Wildman–Crippen LogP) is 2.59. The molecule has 2 aliphatic rings. The quantitative estimate of drug-likeness (QED) is 0.851. The van der Waals surface area contributed by atoms with Crippen molar-refractivity contribution in [1.82, 2.24) is 9.88 Å². The monoisotopic (exact) mass is 311 g/mol. The first-order valence-corrected chi connectivity index (χ1v) is 8.19. The fourth-order valence-corrected chi connectivity index (χ4v) is 3.66. The third-order valence-electron chi connectivity index (χ3n) is 4.90. The van der Waals surface area contributed by atoms with Gasteiger partial charge in [0, 0.05) is 37.1 Å². The van der Waals surface area contributed by atoms with Crippen LogP contribution in [0.25, 0.3) is 0 Å². The Labute approximate surface area is 135 Å². The molecule has 5 heteroatoms. The number of ether oxygens (including phenoxy) is 1. The average molecular weight is 311 g/mol. The lowest BCUT2D eigenvalue weighted by molar-refractivity contribution is -0.0787. The van der Waals surface area contributed by atoms with Gasteiger partial charge in [-0.05, 0) is 31.0 Å². The van der Waals surface area contributed by atoms with Gasteiger partial charge in [-0.1, -0.05) is 18.2 Å². The number of H-pyrrole nitrogens is 1. The van der Waals surface area contributed by atoms with Crippen LogP contribution in [0.15, 0.2) is 42.6 Å². The lowest BCUT2D eigenvalue weighted by Crippen LogP contribution is -2.46. The summed E-state index contributed by atoms with van der Waals surface area (Å²) in [6.07, 6.45) is 3.45. The SMILES string of the molecule is O=C(c1ccc[nH]1)N1CCC2(CC1)OCCNc1ccccc12. The molecule has 1 fully saturated rings. The summed E-state index contributed by atoms with van der Waals surface area (Å²) < 4.78 is 6.27. The molecule has 120 valence electrons.